The van der Waals surface area contributed by atoms with Gasteiger partial charge in [0.05, 0.1) is 5.69 Å². The minimum absolute atomic E-state index is 0.877. The largest absolute Gasteiger partial charge is 0.264 e. The van der Waals surface area contributed by atoms with Crippen LogP contribution in [0.3, 0.4) is 0 Å². The van der Waals surface area contributed by atoms with Crippen molar-refractivity contribution in [3.8, 4) is 11.3 Å². The Morgan fingerprint density at radius 2 is 1.75 bits per heavy atom. The standard InChI is InChI=1S/C18H16N2/c1-14-9-10-19-13-17(14)11-15-7-8-18(20-12-15)16-5-3-2-4-6-16/h2-10,12-13H,11H2,1H3. The summed E-state index contributed by atoms with van der Waals surface area (Å²) in [6, 6.07) is 16.5. The van der Waals surface area contributed by atoms with Gasteiger partial charge < -0.3 is 0 Å². The van der Waals surface area contributed by atoms with Crippen molar-refractivity contribution < 1.29 is 0 Å². The molecule has 0 fully saturated rings. The second-order valence-electron chi connectivity index (χ2n) is 4.90. The van der Waals surface area contributed by atoms with E-state index in [1.807, 2.05) is 42.9 Å². The van der Waals surface area contributed by atoms with E-state index in [1.54, 1.807) is 0 Å². The molecule has 20 heavy (non-hydrogen) atoms. The van der Waals surface area contributed by atoms with Crippen LogP contribution in [0, 0.1) is 6.92 Å². The molecule has 0 aliphatic rings. The number of nitrogens with zero attached hydrogens (tertiary/aromatic N) is 2. The second-order valence-corrected chi connectivity index (χ2v) is 4.90. The Labute approximate surface area is 119 Å². The van der Waals surface area contributed by atoms with Gasteiger partial charge >= 0.3 is 0 Å². The first-order valence-corrected chi connectivity index (χ1v) is 6.73. The lowest BCUT2D eigenvalue weighted by molar-refractivity contribution is 1.09. The van der Waals surface area contributed by atoms with Crippen molar-refractivity contribution in [2.45, 2.75) is 13.3 Å². The van der Waals surface area contributed by atoms with Crippen LogP contribution < -0.4 is 0 Å². The van der Waals surface area contributed by atoms with Gasteiger partial charge in [-0.3, -0.25) is 9.97 Å². The first kappa shape index (κ1) is 12.5. The Bertz CT molecular complexity index is 688. The van der Waals surface area contributed by atoms with Crippen molar-refractivity contribution in [3.63, 3.8) is 0 Å². The van der Waals surface area contributed by atoms with Crippen LogP contribution >= 0.6 is 0 Å². The third kappa shape index (κ3) is 2.75. The number of hydrogen-bond acceptors (Lipinski definition) is 2. The molecule has 0 bridgehead atoms. The molecule has 98 valence electrons. The van der Waals surface area contributed by atoms with Crippen molar-refractivity contribution in [1.29, 1.82) is 0 Å². The quantitative estimate of drug-likeness (QED) is 0.710. The summed E-state index contributed by atoms with van der Waals surface area (Å²) in [5.41, 5.74) is 5.89. The highest BCUT2D eigenvalue weighted by Crippen LogP contribution is 2.18. The lowest BCUT2D eigenvalue weighted by Crippen LogP contribution is -1.94. The van der Waals surface area contributed by atoms with Crippen molar-refractivity contribution in [2.75, 3.05) is 0 Å². The van der Waals surface area contributed by atoms with Gasteiger partial charge in [0.2, 0.25) is 0 Å². The summed E-state index contributed by atoms with van der Waals surface area (Å²) in [4.78, 5) is 8.74. The lowest BCUT2D eigenvalue weighted by Gasteiger charge is -2.06. The van der Waals surface area contributed by atoms with Gasteiger partial charge in [-0.25, -0.2) is 0 Å². The van der Waals surface area contributed by atoms with Gasteiger partial charge in [0.15, 0.2) is 0 Å². The van der Waals surface area contributed by atoms with Gasteiger partial charge in [0.1, 0.15) is 0 Å². The summed E-state index contributed by atoms with van der Waals surface area (Å²) in [5.74, 6) is 0. The molecule has 0 atom stereocenters. The molecule has 2 heterocycles. The topological polar surface area (TPSA) is 25.8 Å². The third-order valence-corrected chi connectivity index (χ3v) is 3.44. The fraction of sp³-hybridized carbons (Fsp3) is 0.111. The Balaban J connectivity index is 1.82. The fourth-order valence-electron chi connectivity index (χ4n) is 2.21. The molecule has 2 heteroatoms. The molecule has 1 aromatic carbocycles. The van der Waals surface area contributed by atoms with Crippen LogP contribution in [-0.4, -0.2) is 9.97 Å². The van der Waals surface area contributed by atoms with Crippen LogP contribution in [-0.2, 0) is 6.42 Å². The van der Waals surface area contributed by atoms with E-state index in [0.717, 1.165) is 17.7 Å². The van der Waals surface area contributed by atoms with E-state index in [1.165, 1.54) is 16.7 Å². The van der Waals surface area contributed by atoms with Crippen molar-refractivity contribution >= 4 is 0 Å². The van der Waals surface area contributed by atoms with Crippen LogP contribution in [0.5, 0.6) is 0 Å². The molecule has 0 unspecified atom stereocenters. The molecule has 0 saturated carbocycles. The van der Waals surface area contributed by atoms with E-state index in [9.17, 15) is 0 Å². The zero-order valence-electron chi connectivity index (χ0n) is 11.5. The van der Waals surface area contributed by atoms with Crippen LogP contribution in [0.4, 0.5) is 0 Å². The van der Waals surface area contributed by atoms with Crippen molar-refractivity contribution in [1.82, 2.24) is 9.97 Å². The summed E-state index contributed by atoms with van der Waals surface area (Å²) < 4.78 is 0. The molecule has 3 aromatic rings. The SMILES string of the molecule is Cc1ccncc1Cc1ccc(-c2ccccc2)nc1. The van der Waals surface area contributed by atoms with Gasteiger partial charge in [0, 0.05) is 30.6 Å². The summed E-state index contributed by atoms with van der Waals surface area (Å²) in [7, 11) is 0. The number of hydrogen-bond donors (Lipinski definition) is 0. The average Bonchev–Trinajstić information content (AvgIpc) is 2.51. The van der Waals surface area contributed by atoms with Crippen LogP contribution in [0.1, 0.15) is 16.7 Å². The van der Waals surface area contributed by atoms with Gasteiger partial charge in [0.25, 0.3) is 0 Å². The molecule has 0 N–H and O–H groups in total. The summed E-state index contributed by atoms with van der Waals surface area (Å²) >= 11 is 0. The maximum atomic E-state index is 4.55. The zero-order valence-corrected chi connectivity index (χ0v) is 11.5. The van der Waals surface area contributed by atoms with E-state index in [2.05, 4.69) is 41.2 Å². The molecule has 3 rings (SSSR count). The second kappa shape index (κ2) is 5.66. The molecule has 2 nitrogen and oxygen atoms in total. The number of aromatic nitrogens is 2. The van der Waals surface area contributed by atoms with E-state index >= 15 is 0 Å². The predicted octanol–water partition coefficient (Wildman–Crippen LogP) is 4.04. The first-order chi connectivity index (χ1) is 9.83. The number of aryl methyl sites for hydroxylation is 1. The molecular formula is C18H16N2. The van der Waals surface area contributed by atoms with Gasteiger partial charge in [-0.1, -0.05) is 36.4 Å². The van der Waals surface area contributed by atoms with Crippen LogP contribution in [0.25, 0.3) is 11.3 Å². The van der Waals surface area contributed by atoms with Crippen molar-refractivity contribution in [2.24, 2.45) is 0 Å². The maximum absolute atomic E-state index is 4.55. The minimum atomic E-state index is 0.877. The molecule has 0 amide bonds. The highest BCUT2D eigenvalue weighted by Gasteiger charge is 2.02. The molecule has 0 aliphatic heterocycles. The average molecular weight is 260 g/mol. The van der Waals surface area contributed by atoms with E-state index in [0.29, 0.717) is 0 Å². The highest BCUT2D eigenvalue weighted by molar-refractivity contribution is 5.58. The molecule has 2 aromatic heterocycles. The van der Waals surface area contributed by atoms with E-state index in [4.69, 9.17) is 0 Å². The van der Waals surface area contributed by atoms with E-state index in [-0.39, 0.29) is 0 Å². The smallest absolute Gasteiger partial charge is 0.0702 e. The summed E-state index contributed by atoms with van der Waals surface area (Å²) in [5, 5.41) is 0. The zero-order chi connectivity index (χ0) is 13.8. The Morgan fingerprint density at radius 1 is 0.900 bits per heavy atom. The third-order valence-electron chi connectivity index (χ3n) is 3.44. The lowest BCUT2D eigenvalue weighted by atomic mass is 10.0. The molecular weight excluding hydrogens is 244 g/mol. The monoisotopic (exact) mass is 260 g/mol. The molecule has 0 radical (unpaired) electrons. The van der Waals surface area contributed by atoms with Crippen LogP contribution in [0.15, 0.2) is 67.1 Å². The number of benzene rings is 1. The predicted molar refractivity (Wildman–Crippen MR) is 81.5 cm³/mol. The van der Waals surface area contributed by atoms with Gasteiger partial charge in [-0.05, 0) is 35.7 Å². The minimum Gasteiger partial charge on any atom is -0.264 e. The Morgan fingerprint density at radius 3 is 2.45 bits per heavy atom. The maximum Gasteiger partial charge on any atom is 0.0702 e. The molecule has 0 saturated heterocycles. The highest BCUT2D eigenvalue weighted by atomic mass is 14.7. The van der Waals surface area contributed by atoms with Gasteiger partial charge in [-0.2, -0.15) is 0 Å². The first-order valence-electron chi connectivity index (χ1n) is 6.73. The summed E-state index contributed by atoms with van der Waals surface area (Å²) in [6.45, 7) is 2.11. The molecule has 0 spiro atoms. The fourth-order valence-corrected chi connectivity index (χ4v) is 2.21. The van der Waals surface area contributed by atoms with Crippen LogP contribution in [0.2, 0.25) is 0 Å². The number of pyridine rings is 2. The normalized spacial score (nSPS) is 10.4. The number of rotatable bonds is 3. The molecule has 0 aliphatic carbocycles. The Hall–Kier alpha value is -2.48. The van der Waals surface area contributed by atoms with E-state index < -0.39 is 0 Å². The van der Waals surface area contributed by atoms with Crippen molar-refractivity contribution in [3.05, 3.63) is 83.8 Å². The summed E-state index contributed by atoms with van der Waals surface area (Å²) in [6.07, 6.45) is 6.59. The Kier molecular flexibility index (Phi) is 3.55. The van der Waals surface area contributed by atoms with Gasteiger partial charge in [-0.15, -0.1) is 0 Å².